The van der Waals surface area contributed by atoms with Gasteiger partial charge in [0.2, 0.25) is 0 Å². The summed E-state index contributed by atoms with van der Waals surface area (Å²) in [7, 11) is 0. The average molecular weight is 221 g/mol. The molecule has 0 amide bonds. The molecule has 0 radical (unpaired) electrons. The summed E-state index contributed by atoms with van der Waals surface area (Å²) in [5.74, 6) is 1.04. The van der Waals surface area contributed by atoms with E-state index in [0.29, 0.717) is 6.04 Å². The van der Waals surface area contributed by atoms with Gasteiger partial charge in [0.25, 0.3) is 0 Å². The van der Waals surface area contributed by atoms with Crippen LogP contribution >= 0.6 is 0 Å². The minimum atomic E-state index is 0.0558. The molecule has 0 aliphatic heterocycles. The Morgan fingerprint density at radius 3 is 2.38 bits per heavy atom. The van der Waals surface area contributed by atoms with E-state index >= 15 is 0 Å². The minimum absolute atomic E-state index is 0.0558. The van der Waals surface area contributed by atoms with Crippen LogP contribution in [-0.4, -0.2) is 17.6 Å². The molecular weight excluding hydrogens is 198 g/mol. The van der Waals surface area contributed by atoms with Gasteiger partial charge >= 0.3 is 0 Å². The molecular formula is C13H23N3. The molecule has 0 unspecified atom stereocenters. The van der Waals surface area contributed by atoms with Gasteiger partial charge in [0.15, 0.2) is 0 Å². The standard InChI is InChI=1S/C13H23N3/c1-5-8-16(10(2)3)13-7-6-12(9-15-13)11(4)14/h6-7,9-11H,5,8,14H2,1-4H3/t11-/m1/s1. The van der Waals surface area contributed by atoms with Crippen molar-refractivity contribution in [2.24, 2.45) is 5.73 Å². The first-order valence-electron chi connectivity index (χ1n) is 6.04. The summed E-state index contributed by atoms with van der Waals surface area (Å²) >= 11 is 0. The summed E-state index contributed by atoms with van der Waals surface area (Å²) in [6, 6.07) is 4.67. The van der Waals surface area contributed by atoms with Crippen molar-refractivity contribution < 1.29 is 0 Å². The van der Waals surface area contributed by atoms with Gasteiger partial charge in [0, 0.05) is 24.8 Å². The van der Waals surface area contributed by atoms with Crippen molar-refractivity contribution in [3.05, 3.63) is 23.9 Å². The second kappa shape index (κ2) is 5.85. The lowest BCUT2D eigenvalue weighted by molar-refractivity contribution is 0.661. The van der Waals surface area contributed by atoms with E-state index in [1.807, 2.05) is 13.1 Å². The maximum atomic E-state index is 5.80. The predicted octanol–water partition coefficient (Wildman–Crippen LogP) is 2.73. The molecule has 1 aromatic rings. The third-order valence-electron chi connectivity index (χ3n) is 2.68. The number of aromatic nitrogens is 1. The van der Waals surface area contributed by atoms with Gasteiger partial charge in [-0.05, 0) is 38.8 Å². The number of anilines is 1. The van der Waals surface area contributed by atoms with Crippen molar-refractivity contribution in [3.8, 4) is 0 Å². The number of nitrogens with two attached hydrogens (primary N) is 1. The highest BCUT2D eigenvalue weighted by molar-refractivity contribution is 5.40. The normalized spacial score (nSPS) is 12.9. The zero-order valence-electron chi connectivity index (χ0n) is 10.8. The fourth-order valence-electron chi connectivity index (χ4n) is 1.71. The molecule has 2 N–H and O–H groups in total. The van der Waals surface area contributed by atoms with Crippen LogP contribution in [0.4, 0.5) is 5.82 Å². The Bertz CT molecular complexity index is 303. The molecule has 1 atom stereocenters. The molecule has 0 aromatic carbocycles. The monoisotopic (exact) mass is 221 g/mol. The lowest BCUT2D eigenvalue weighted by atomic mass is 10.1. The van der Waals surface area contributed by atoms with Gasteiger partial charge in [0.1, 0.15) is 5.82 Å². The largest absolute Gasteiger partial charge is 0.354 e. The summed E-state index contributed by atoms with van der Waals surface area (Å²) in [6.45, 7) is 9.59. The van der Waals surface area contributed by atoms with Crippen LogP contribution in [0.2, 0.25) is 0 Å². The number of hydrogen-bond acceptors (Lipinski definition) is 3. The van der Waals surface area contributed by atoms with Gasteiger partial charge in [0.05, 0.1) is 0 Å². The van der Waals surface area contributed by atoms with Crippen LogP contribution in [0.15, 0.2) is 18.3 Å². The summed E-state index contributed by atoms with van der Waals surface area (Å²) in [4.78, 5) is 6.80. The van der Waals surface area contributed by atoms with Crippen LogP contribution in [0, 0.1) is 0 Å². The van der Waals surface area contributed by atoms with Crippen LogP contribution in [0.3, 0.4) is 0 Å². The van der Waals surface area contributed by atoms with Crippen molar-refractivity contribution >= 4 is 5.82 Å². The van der Waals surface area contributed by atoms with Crippen molar-refractivity contribution in [3.63, 3.8) is 0 Å². The molecule has 0 saturated carbocycles. The molecule has 0 aliphatic rings. The number of nitrogens with zero attached hydrogens (tertiary/aromatic N) is 2. The lowest BCUT2D eigenvalue weighted by Crippen LogP contribution is -2.32. The Kier molecular flexibility index (Phi) is 4.74. The van der Waals surface area contributed by atoms with Gasteiger partial charge in [-0.15, -0.1) is 0 Å². The Morgan fingerprint density at radius 1 is 1.31 bits per heavy atom. The smallest absolute Gasteiger partial charge is 0.128 e. The lowest BCUT2D eigenvalue weighted by Gasteiger charge is -2.27. The van der Waals surface area contributed by atoms with E-state index in [1.54, 1.807) is 0 Å². The van der Waals surface area contributed by atoms with E-state index in [1.165, 1.54) is 0 Å². The fourth-order valence-corrected chi connectivity index (χ4v) is 1.71. The molecule has 3 nitrogen and oxygen atoms in total. The maximum Gasteiger partial charge on any atom is 0.128 e. The highest BCUT2D eigenvalue weighted by Crippen LogP contribution is 2.17. The van der Waals surface area contributed by atoms with E-state index in [4.69, 9.17) is 5.73 Å². The molecule has 0 spiro atoms. The summed E-state index contributed by atoms with van der Waals surface area (Å²) in [5.41, 5.74) is 6.89. The topological polar surface area (TPSA) is 42.1 Å². The van der Waals surface area contributed by atoms with Crippen molar-refractivity contribution in [1.29, 1.82) is 0 Å². The van der Waals surface area contributed by atoms with Crippen LogP contribution in [0.5, 0.6) is 0 Å². The molecule has 0 saturated heterocycles. The molecule has 1 heterocycles. The van der Waals surface area contributed by atoms with E-state index in [0.717, 1.165) is 24.3 Å². The van der Waals surface area contributed by atoms with Gasteiger partial charge in [-0.25, -0.2) is 4.98 Å². The van der Waals surface area contributed by atoms with E-state index in [2.05, 4.69) is 42.8 Å². The molecule has 0 aliphatic carbocycles. The minimum Gasteiger partial charge on any atom is -0.354 e. The number of pyridine rings is 1. The average Bonchev–Trinajstić information content (AvgIpc) is 2.25. The van der Waals surface area contributed by atoms with Crippen LogP contribution < -0.4 is 10.6 Å². The molecule has 16 heavy (non-hydrogen) atoms. The van der Waals surface area contributed by atoms with Crippen molar-refractivity contribution in [1.82, 2.24) is 4.98 Å². The third kappa shape index (κ3) is 3.20. The van der Waals surface area contributed by atoms with Gasteiger partial charge in [-0.1, -0.05) is 13.0 Å². The van der Waals surface area contributed by atoms with Crippen molar-refractivity contribution in [2.75, 3.05) is 11.4 Å². The Labute approximate surface area is 98.7 Å². The summed E-state index contributed by atoms with van der Waals surface area (Å²) in [5, 5.41) is 0. The number of hydrogen-bond donors (Lipinski definition) is 1. The fraction of sp³-hybridized carbons (Fsp3) is 0.615. The SMILES string of the molecule is CCCN(c1ccc([C@@H](C)N)cn1)C(C)C. The molecule has 1 aromatic heterocycles. The second-order valence-corrected chi connectivity index (χ2v) is 4.53. The maximum absolute atomic E-state index is 5.80. The first-order valence-corrected chi connectivity index (χ1v) is 6.04. The summed E-state index contributed by atoms with van der Waals surface area (Å²) < 4.78 is 0. The highest BCUT2D eigenvalue weighted by Gasteiger charge is 2.10. The number of rotatable bonds is 5. The second-order valence-electron chi connectivity index (χ2n) is 4.53. The molecule has 3 heteroatoms. The molecule has 0 bridgehead atoms. The van der Waals surface area contributed by atoms with E-state index in [9.17, 15) is 0 Å². The van der Waals surface area contributed by atoms with Crippen molar-refractivity contribution in [2.45, 2.75) is 46.2 Å². The van der Waals surface area contributed by atoms with E-state index in [-0.39, 0.29) is 6.04 Å². The highest BCUT2D eigenvalue weighted by atomic mass is 15.2. The Balaban J connectivity index is 2.85. The van der Waals surface area contributed by atoms with Gasteiger partial charge < -0.3 is 10.6 Å². The zero-order chi connectivity index (χ0) is 12.1. The predicted molar refractivity (Wildman–Crippen MR) is 69.6 cm³/mol. The quantitative estimate of drug-likeness (QED) is 0.831. The van der Waals surface area contributed by atoms with Crippen LogP contribution in [-0.2, 0) is 0 Å². The molecule has 90 valence electrons. The molecule has 1 rings (SSSR count). The summed E-state index contributed by atoms with van der Waals surface area (Å²) in [6.07, 6.45) is 3.01. The van der Waals surface area contributed by atoms with Gasteiger partial charge in [-0.3, -0.25) is 0 Å². The van der Waals surface area contributed by atoms with Crippen LogP contribution in [0.1, 0.15) is 45.7 Å². The van der Waals surface area contributed by atoms with Gasteiger partial charge in [-0.2, -0.15) is 0 Å². The third-order valence-corrected chi connectivity index (χ3v) is 2.68. The van der Waals surface area contributed by atoms with E-state index < -0.39 is 0 Å². The first-order chi connectivity index (χ1) is 7.56. The Hall–Kier alpha value is -1.09. The molecule has 0 fully saturated rings. The Morgan fingerprint density at radius 2 is 2.00 bits per heavy atom. The zero-order valence-corrected chi connectivity index (χ0v) is 10.8. The first kappa shape index (κ1) is 13.0. The van der Waals surface area contributed by atoms with Crippen LogP contribution in [0.25, 0.3) is 0 Å².